The molecule has 0 aliphatic heterocycles. The molecule has 0 aliphatic rings. The minimum atomic E-state index is 0.241. The van der Waals surface area contributed by atoms with Crippen LogP contribution in [0.1, 0.15) is 13.8 Å². The van der Waals surface area contributed by atoms with E-state index < -0.39 is 0 Å². The van der Waals surface area contributed by atoms with Gasteiger partial charge in [-0.25, -0.2) is 0 Å². The largest absolute Gasteiger partial charge is 0.382 e. The van der Waals surface area contributed by atoms with Crippen molar-refractivity contribution in [3.8, 4) is 0 Å². The van der Waals surface area contributed by atoms with Gasteiger partial charge in [-0.1, -0.05) is 0 Å². The van der Waals surface area contributed by atoms with Crippen molar-refractivity contribution in [3.63, 3.8) is 0 Å². The van der Waals surface area contributed by atoms with Crippen molar-refractivity contribution in [3.05, 3.63) is 0 Å². The predicted octanol–water partition coefficient (Wildman–Crippen LogP) is 1.17. The number of hydrogen-bond acceptors (Lipinski definition) is 9. The van der Waals surface area contributed by atoms with Gasteiger partial charge < -0.3 is 42.6 Å². The van der Waals surface area contributed by atoms with Gasteiger partial charge in [-0.05, 0) is 13.8 Å². The molecule has 176 valence electrons. The van der Waals surface area contributed by atoms with Gasteiger partial charge in [-0.2, -0.15) is 0 Å². The minimum Gasteiger partial charge on any atom is -0.382 e. The lowest BCUT2D eigenvalue weighted by Gasteiger charge is -2.09. The van der Waals surface area contributed by atoms with E-state index >= 15 is 0 Å². The van der Waals surface area contributed by atoms with E-state index in [9.17, 15) is 0 Å². The van der Waals surface area contributed by atoms with Crippen LogP contribution >= 0.6 is 0 Å². The minimum absolute atomic E-state index is 0.241. The first kappa shape index (κ1) is 28.6. The van der Waals surface area contributed by atoms with Crippen LogP contribution in [0.5, 0.6) is 0 Å². The summed E-state index contributed by atoms with van der Waals surface area (Å²) in [6.45, 7) is 13.0. The molecule has 0 spiro atoms. The quantitative estimate of drug-likeness (QED) is 0.200. The molecular formula is C20H42O9. The highest BCUT2D eigenvalue weighted by Gasteiger charge is 1.95. The van der Waals surface area contributed by atoms with E-state index in [1.54, 1.807) is 7.11 Å². The van der Waals surface area contributed by atoms with E-state index in [1.807, 2.05) is 13.8 Å². The topological polar surface area (TPSA) is 83.1 Å². The van der Waals surface area contributed by atoms with Crippen molar-refractivity contribution < 1.29 is 42.6 Å². The second-order valence-electron chi connectivity index (χ2n) is 6.20. The zero-order valence-corrected chi connectivity index (χ0v) is 18.6. The third kappa shape index (κ3) is 27.6. The third-order valence-electron chi connectivity index (χ3n) is 3.34. The Morgan fingerprint density at radius 1 is 0.379 bits per heavy atom. The van der Waals surface area contributed by atoms with Crippen molar-refractivity contribution in [2.24, 2.45) is 0 Å². The predicted molar refractivity (Wildman–Crippen MR) is 109 cm³/mol. The highest BCUT2D eigenvalue weighted by Crippen LogP contribution is 1.88. The Morgan fingerprint density at radius 3 is 0.862 bits per heavy atom. The highest BCUT2D eigenvalue weighted by molar-refractivity contribution is 4.39. The van der Waals surface area contributed by atoms with Crippen molar-refractivity contribution in [1.29, 1.82) is 0 Å². The lowest BCUT2D eigenvalue weighted by atomic mass is 10.5. The number of rotatable bonds is 25. The Balaban J connectivity index is 2.98. The normalized spacial score (nSPS) is 11.6. The molecule has 0 aliphatic carbocycles. The van der Waals surface area contributed by atoms with E-state index in [-0.39, 0.29) is 6.10 Å². The Morgan fingerprint density at radius 2 is 0.621 bits per heavy atom. The summed E-state index contributed by atoms with van der Waals surface area (Å²) in [6.07, 6.45) is 0.241. The molecule has 0 fully saturated rings. The van der Waals surface area contributed by atoms with Gasteiger partial charge in [0.05, 0.1) is 112 Å². The van der Waals surface area contributed by atoms with Gasteiger partial charge in [0.1, 0.15) is 0 Å². The van der Waals surface area contributed by atoms with Crippen LogP contribution in [-0.2, 0) is 42.6 Å². The maximum Gasteiger partial charge on any atom is 0.0703 e. The standard InChI is InChI=1S/C20H42O9/c1-20(2)29-19-18-28-17-16-27-15-14-26-13-12-25-11-10-24-9-8-23-7-6-22-5-4-21-3/h20H,4-19H2,1-3H3. The summed E-state index contributed by atoms with van der Waals surface area (Å²) in [5.41, 5.74) is 0. The molecule has 0 amide bonds. The molecule has 0 bridgehead atoms. The molecule has 0 heterocycles. The molecule has 0 N–H and O–H groups in total. The smallest absolute Gasteiger partial charge is 0.0703 e. The Hall–Kier alpha value is -0.360. The van der Waals surface area contributed by atoms with Crippen LogP contribution < -0.4 is 0 Å². The third-order valence-corrected chi connectivity index (χ3v) is 3.34. The zero-order chi connectivity index (χ0) is 21.3. The van der Waals surface area contributed by atoms with E-state index in [0.717, 1.165) is 0 Å². The van der Waals surface area contributed by atoms with E-state index in [4.69, 9.17) is 42.6 Å². The van der Waals surface area contributed by atoms with Gasteiger partial charge in [0.25, 0.3) is 0 Å². The molecule has 9 nitrogen and oxygen atoms in total. The van der Waals surface area contributed by atoms with Crippen LogP contribution in [0.4, 0.5) is 0 Å². The summed E-state index contributed by atoms with van der Waals surface area (Å²) in [7, 11) is 1.65. The molecular weight excluding hydrogens is 384 g/mol. The van der Waals surface area contributed by atoms with Gasteiger partial charge in [0.15, 0.2) is 0 Å². The molecule has 29 heavy (non-hydrogen) atoms. The average molecular weight is 427 g/mol. The summed E-state index contributed by atoms with van der Waals surface area (Å²) >= 11 is 0. The number of hydrogen-bond donors (Lipinski definition) is 0. The SMILES string of the molecule is COCCOCCOCCOCCOCCOCCOCCOCCOC(C)C. The van der Waals surface area contributed by atoms with Gasteiger partial charge in [-0.3, -0.25) is 0 Å². The van der Waals surface area contributed by atoms with Crippen molar-refractivity contribution in [2.45, 2.75) is 20.0 Å². The van der Waals surface area contributed by atoms with Crippen LogP contribution in [0.15, 0.2) is 0 Å². The molecule has 0 saturated carbocycles. The van der Waals surface area contributed by atoms with Gasteiger partial charge in [0.2, 0.25) is 0 Å². The number of ether oxygens (including phenoxy) is 9. The fourth-order valence-electron chi connectivity index (χ4n) is 1.91. The van der Waals surface area contributed by atoms with Crippen LogP contribution in [0.3, 0.4) is 0 Å². The molecule has 0 radical (unpaired) electrons. The first-order chi connectivity index (χ1) is 14.3. The highest BCUT2D eigenvalue weighted by atomic mass is 16.6. The lowest BCUT2D eigenvalue weighted by Crippen LogP contribution is -2.15. The fraction of sp³-hybridized carbons (Fsp3) is 1.00. The van der Waals surface area contributed by atoms with Gasteiger partial charge in [-0.15, -0.1) is 0 Å². The lowest BCUT2D eigenvalue weighted by molar-refractivity contribution is -0.0263. The van der Waals surface area contributed by atoms with Crippen LogP contribution in [0.25, 0.3) is 0 Å². The summed E-state index contributed by atoms with van der Waals surface area (Å²) < 4.78 is 47.9. The monoisotopic (exact) mass is 426 g/mol. The Kier molecular flexibility index (Phi) is 25.4. The second kappa shape index (κ2) is 25.7. The molecule has 0 aromatic carbocycles. The zero-order valence-electron chi connectivity index (χ0n) is 18.6. The molecule has 9 heteroatoms. The fourth-order valence-corrected chi connectivity index (χ4v) is 1.91. The van der Waals surface area contributed by atoms with E-state index in [1.165, 1.54) is 0 Å². The van der Waals surface area contributed by atoms with Crippen LogP contribution in [0.2, 0.25) is 0 Å². The molecule has 0 aromatic rings. The summed E-state index contributed by atoms with van der Waals surface area (Å²) in [6, 6.07) is 0. The Bertz CT molecular complexity index is 293. The summed E-state index contributed by atoms with van der Waals surface area (Å²) in [4.78, 5) is 0. The van der Waals surface area contributed by atoms with E-state index in [0.29, 0.717) is 106 Å². The first-order valence-corrected chi connectivity index (χ1v) is 10.4. The molecule has 0 aromatic heterocycles. The first-order valence-electron chi connectivity index (χ1n) is 10.4. The maximum absolute atomic E-state index is 5.42. The molecule has 0 atom stereocenters. The maximum atomic E-state index is 5.42. The Labute approximate surface area is 176 Å². The van der Waals surface area contributed by atoms with Crippen molar-refractivity contribution in [2.75, 3.05) is 113 Å². The van der Waals surface area contributed by atoms with Crippen molar-refractivity contribution in [1.82, 2.24) is 0 Å². The summed E-state index contributed by atoms with van der Waals surface area (Å²) in [5.74, 6) is 0. The molecule has 0 saturated heterocycles. The summed E-state index contributed by atoms with van der Waals surface area (Å²) in [5, 5.41) is 0. The average Bonchev–Trinajstić information content (AvgIpc) is 2.71. The van der Waals surface area contributed by atoms with Crippen LogP contribution in [0, 0.1) is 0 Å². The van der Waals surface area contributed by atoms with Crippen molar-refractivity contribution >= 4 is 0 Å². The van der Waals surface area contributed by atoms with Crippen LogP contribution in [-0.4, -0.2) is 119 Å². The molecule has 0 unspecified atom stereocenters. The second-order valence-corrected chi connectivity index (χ2v) is 6.20. The van der Waals surface area contributed by atoms with Gasteiger partial charge in [0, 0.05) is 7.11 Å². The van der Waals surface area contributed by atoms with Gasteiger partial charge >= 0.3 is 0 Å². The van der Waals surface area contributed by atoms with E-state index in [2.05, 4.69) is 0 Å². The number of methoxy groups -OCH3 is 1. The molecule has 0 rings (SSSR count).